The monoisotopic (exact) mass is 217 g/mol. The number of aliphatic hydroxyl groups is 1. The second-order valence-electron chi connectivity index (χ2n) is 3.64. The molecule has 0 aromatic heterocycles. The maximum Gasteiger partial charge on any atom is 0.189 e. The van der Waals surface area contributed by atoms with Gasteiger partial charge in [-0.05, 0) is 26.0 Å². The van der Waals surface area contributed by atoms with E-state index in [-0.39, 0.29) is 17.9 Å². The summed E-state index contributed by atoms with van der Waals surface area (Å²) in [6, 6.07) is 0.592. The number of guanidine groups is 1. The van der Waals surface area contributed by atoms with Crippen molar-refractivity contribution in [2.75, 3.05) is 12.9 Å². The van der Waals surface area contributed by atoms with Crippen molar-refractivity contribution in [1.29, 1.82) is 0 Å². The first kappa shape index (κ1) is 11.7. The summed E-state index contributed by atoms with van der Waals surface area (Å²) < 4.78 is 0. The van der Waals surface area contributed by atoms with Crippen molar-refractivity contribution in [2.45, 2.75) is 37.1 Å². The number of aliphatic hydroxyl groups excluding tert-OH is 1. The molecule has 0 aromatic carbocycles. The van der Waals surface area contributed by atoms with Crippen molar-refractivity contribution in [3.05, 3.63) is 0 Å². The highest BCUT2D eigenvalue weighted by molar-refractivity contribution is 7.99. The van der Waals surface area contributed by atoms with Crippen LogP contribution in [0, 0.1) is 0 Å². The van der Waals surface area contributed by atoms with E-state index in [9.17, 15) is 0 Å². The molecule has 4 N–H and O–H groups in total. The SMILES string of the molecule is CSC(CO)C(C)NC(N)=NC1CC1. The first-order valence-corrected chi connectivity index (χ1v) is 6.19. The third-order valence-electron chi connectivity index (χ3n) is 2.28. The molecule has 1 saturated carbocycles. The predicted molar refractivity (Wildman–Crippen MR) is 61.6 cm³/mol. The van der Waals surface area contributed by atoms with Gasteiger partial charge in [0.2, 0.25) is 0 Å². The number of nitrogens with two attached hydrogens (primary N) is 1. The molecule has 0 spiro atoms. The van der Waals surface area contributed by atoms with E-state index >= 15 is 0 Å². The average molecular weight is 217 g/mol. The van der Waals surface area contributed by atoms with Crippen LogP contribution in [0.1, 0.15) is 19.8 Å². The molecular weight excluding hydrogens is 198 g/mol. The van der Waals surface area contributed by atoms with Crippen LogP contribution in [0.4, 0.5) is 0 Å². The molecule has 0 saturated heterocycles. The highest BCUT2D eigenvalue weighted by Gasteiger charge is 2.21. The zero-order valence-corrected chi connectivity index (χ0v) is 9.55. The lowest BCUT2D eigenvalue weighted by Gasteiger charge is -2.21. The predicted octanol–water partition coefficient (Wildman–Crippen LogP) is 0.166. The number of thioether (sulfide) groups is 1. The lowest BCUT2D eigenvalue weighted by Crippen LogP contribution is -2.45. The van der Waals surface area contributed by atoms with Gasteiger partial charge in [-0.1, -0.05) is 0 Å². The Morgan fingerprint density at radius 1 is 1.71 bits per heavy atom. The minimum absolute atomic E-state index is 0.150. The second kappa shape index (κ2) is 5.46. The highest BCUT2D eigenvalue weighted by Crippen LogP contribution is 2.23. The van der Waals surface area contributed by atoms with Crippen molar-refractivity contribution in [2.24, 2.45) is 10.7 Å². The second-order valence-corrected chi connectivity index (χ2v) is 4.71. The van der Waals surface area contributed by atoms with Crippen LogP contribution in [0.2, 0.25) is 0 Å². The molecule has 14 heavy (non-hydrogen) atoms. The Kier molecular flexibility index (Phi) is 4.54. The summed E-state index contributed by atoms with van der Waals surface area (Å²) in [5.41, 5.74) is 5.71. The van der Waals surface area contributed by atoms with Crippen LogP contribution >= 0.6 is 11.8 Å². The van der Waals surface area contributed by atoms with Crippen LogP contribution in [0.25, 0.3) is 0 Å². The first-order chi connectivity index (χ1) is 6.67. The molecule has 4 nitrogen and oxygen atoms in total. The zero-order chi connectivity index (χ0) is 10.6. The molecule has 1 aliphatic rings. The summed E-state index contributed by atoms with van der Waals surface area (Å²) in [6.07, 6.45) is 4.29. The largest absolute Gasteiger partial charge is 0.395 e. The molecule has 1 fully saturated rings. The smallest absolute Gasteiger partial charge is 0.189 e. The van der Waals surface area contributed by atoms with E-state index in [0.717, 1.165) is 12.8 Å². The Morgan fingerprint density at radius 2 is 2.36 bits per heavy atom. The van der Waals surface area contributed by atoms with Crippen LogP contribution in [-0.4, -0.2) is 41.3 Å². The number of hydrogen-bond donors (Lipinski definition) is 3. The Morgan fingerprint density at radius 3 is 2.79 bits per heavy atom. The highest BCUT2D eigenvalue weighted by atomic mass is 32.2. The quantitative estimate of drug-likeness (QED) is 0.453. The fraction of sp³-hybridized carbons (Fsp3) is 0.889. The molecule has 1 aliphatic carbocycles. The average Bonchev–Trinajstić information content (AvgIpc) is 2.90. The number of hydrogen-bond acceptors (Lipinski definition) is 3. The van der Waals surface area contributed by atoms with Crippen LogP contribution < -0.4 is 11.1 Å². The lowest BCUT2D eigenvalue weighted by molar-refractivity contribution is 0.281. The maximum absolute atomic E-state index is 9.06. The van der Waals surface area contributed by atoms with Gasteiger partial charge in [0.15, 0.2) is 5.96 Å². The summed E-state index contributed by atoms with van der Waals surface area (Å²) >= 11 is 1.63. The molecule has 2 atom stereocenters. The molecule has 82 valence electrons. The number of nitrogens with one attached hydrogen (secondary N) is 1. The molecule has 0 aromatic rings. The van der Waals surface area contributed by atoms with Gasteiger partial charge in [-0.15, -0.1) is 0 Å². The summed E-state index contributed by atoms with van der Waals surface area (Å²) in [7, 11) is 0. The fourth-order valence-electron chi connectivity index (χ4n) is 1.20. The van der Waals surface area contributed by atoms with Gasteiger partial charge >= 0.3 is 0 Å². The molecule has 0 bridgehead atoms. The summed E-state index contributed by atoms with van der Waals surface area (Å²) in [4.78, 5) is 4.27. The number of rotatable bonds is 5. The Labute approximate surface area is 89.4 Å². The Hall–Kier alpha value is -0.420. The maximum atomic E-state index is 9.06. The molecule has 0 aliphatic heterocycles. The number of nitrogens with zero attached hydrogens (tertiary/aromatic N) is 1. The van der Waals surface area contributed by atoms with Gasteiger partial charge in [-0.2, -0.15) is 11.8 Å². The summed E-state index contributed by atoms with van der Waals surface area (Å²) in [5, 5.41) is 12.3. The van der Waals surface area contributed by atoms with Gasteiger partial charge in [0, 0.05) is 11.3 Å². The Balaban J connectivity index is 2.33. The molecule has 0 heterocycles. The summed E-state index contributed by atoms with van der Waals surface area (Å²) in [5.74, 6) is 0.507. The van der Waals surface area contributed by atoms with E-state index in [4.69, 9.17) is 10.8 Å². The van der Waals surface area contributed by atoms with Crippen molar-refractivity contribution in [3.8, 4) is 0 Å². The zero-order valence-electron chi connectivity index (χ0n) is 8.73. The van der Waals surface area contributed by atoms with E-state index in [1.165, 1.54) is 0 Å². The molecule has 1 rings (SSSR count). The minimum Gasteiger partial charge on any atom is -0.395 e. The first-order valence-electron chi connectivity index (χ1n) is 4.90. The minimum atomic E-state index is 0.150. The fourth-order valence-corrected chi connectivity index (χ4v) is 1.83. The van der Waals surface area contributed by atoms with Crippen LogP contribution in [-0.2, 0) is 0 Å². The van der Waals surface area contributed by atoms with Crippen LogP contribution in [0.15, 0.2) is 4.99 Å². The third kappa shape index (κ3) is 3.75. The van der Waals surface area contributed by atoms with Gasteiger partial charge in [-0.3, -0.25) is 4.99 Å². The van der Waals surface area contributed by atoms with Gasteiger partial charge in [0.25, 0.3) is 0 Å². The lowest BCUT2D eigenvalue weighted by atomic mass is 10.2. The molecular formula is C9H19N3OS. The van der Waals surface area contributed by atoms with E-state index in [2.05, 4.69) is 10.3 Å². The molecule has 5 heteroatoms. The standard InChI is InChI=1S/C9H19N3OS/c1-6(8(5-13)14-2)11-9(10)12-7-3-4-7/h6-8,13H,3-5H2,1-2H3,(H3,10,11,12). The van der Waals surface area contributed by atoms with Crippen molar-refractivity contribution in [3.63, 3.8) is 0 Å². The molecule has 0 amide bonds. The van der Waals surface area contributed by atoms with Crippen molar-refractivity contribution < 1.29 is 5.11 Å². The van der Waals surface area contributed by atoms with Gasteiger partial charge in [0.1, 0.15) is 0 Å². The van der Waals surface area contributed by atoms with Crippen LogP contribution in [0.5, 0.6) is 0 Å². The van der Waals surface area contributed by atoms with E-state index in [1.807, 2.05) is 13.2 Å². The van der Waals surface area contributed by atoms with Crippen molar-refractivity contribution >= 4 is 17.7 Å². The number of aliphatic imine (C=N–C) groups is 1. The Bertz CT molecular complexity index is 202. The van der Waals surface area contributed by atoms with Crippen molar-refractivity contribution in [1.82, 2.24) is 5.32 Å². The third-order valence-corrected chi connectivity index (χ3v) is 3.45. The molecule has 2 unspecified atom stereocenters. The van der Waals surface area contributed by atoms with Gasteiger partial charge in [-0.25, -0.2) is 0 Å². The molecule has 0 radical (unpaired) electrons. The normalized spacial score (nSPS) is 21.8. The topological polar surface area (TPSA) is 70.6 Å². The van der Waals surface area contributed by atoms with E-state index in [1.54, 1.807) is 11.8 Å². The van der Waals surface area contributed by atoms with E-state index < -0.39 is 0 Å². The van der Waals surface area contributed by atoms with Gasteiger partial charge < -0.3 is 16.2 Å². The van der Waals surface area contributed by atoms with Gasteiger partial charge in [0.05, 0.1) is 12.6 Å². The van der Waals surface area contributed by atoms with Crippen LogP contribution in [0.3, 0.4) is 0 Å². The summed E-state index contributed by atoms with van der Waals surface area (Å²) in [6.45, 7) is 2.17. The van der Waals surface area contributed by atoms with E-state index in [0.29, 0.717) is 12.0 Å².